The van der Waals surface area contributed by atoms with Gasteiger partial charge in [-0.25, -0.2) is 0 Å². The Morgan fingerprint density at radius 3 is 1.50 bits per heavy atom. The molecule has 0 atom stereocenters. The molecule has 0 aliphatic rings. The molecule has 3 heteroatoms. The Morgan fingerprint density at radius 1 is 1.50 bits per heavy atom. The van der Waals surface area contributed by atoms with Gasteiger partial charge in [0.15, 0.2) is 0 Å². The summed E-state index contributed by atoms with van der Waals surface area (Å²) in [6.07, 6.45) is 2.50. The molecule has 0 saturated heterocycles. The van der Waals surface area contributed by atoms with Gasteiger partial charge >= 0.3 is 23.1 Å². The van der Waals surface area contributed by atoms with Crippen molar-refractivity contribution in [1.82, 2.24) is 0 Å². The van der Waals surface area contributed by atoms with E-state index >= 15 is 0 Å². The molecule has 0 bridgehead atoms. The summed E-state index contributed by atoms with van der Waals surface area (Å²) in [5, 5.41) is 0. The number of rotatable bonds is 0. The van der Waals surface area contributed by atoms with Crippen molar-refractivity contribution < 1.29 is 17.0 Å². The van der Waals surface area contributed by atoms with Crippen LogP contribution in [0.25, 0.3) is 0 Å². The summed E-state index contributed by atoms with van der Waals surface area (Å²) in [5.74, 6) is 0. The first kappa shape index (κ1) is 26.0. The second kappa shape index (κ2) is 31.8. The molecule has 6 heavy (non-hydrogen) atoms. The number of halogens is 2. The van der Waals surface area contributed by atoms with E-state index in [1.165, 1.54) is 0 Å². The molecule has 0 unspecified atom stereocenters. The van der Waals surface area contributed by atoms with Gasteiger partial charge < -0.3 is 23.1 Å². The van der Waals surface area contributed by atoms with Crippen LogP contribution in [0, 0.1) is 6.08 Å². The minimum absolute atomic E-state index is 0. The quantitative estimate of drug-likeness (QED) is 0.337. The van der Waals surface area contributed by atoms with Gasteiger partial charge in [0.2, 0.25) is 0 Å². The molecular formula is C3H6Br2Mg. The summed E-state index contributed by atoms with van der Waals surface area (Å²) in [6, 6.07) is 0. The third kappa shape index (κ3) is 50.7. The molecule has 0 radical (unpaired) electrons. The van der Waals surface area contributed by atoms with Crippen LogP contribution in [0.5, 0.6) is 0 Å². The number of hydrogen-bond donors (Lipinski definition) is 0. The first-order valence-corrected chi connectivity index (χ1v) is 0.854. The van der Waals surface area contributed by atoms with Crippen LogP contribution in [0.4, 0.5) is 0 Å². The Bertz CT molecular complexity index is 16.3. The summed E-state index contributed by atoms with van der Waals surface area (Å²) in [4.78, 5) is 0. The van der Waals surface area contributed by atoms with Gasteiger partial charge in [-0.15, -0.1) is 17.0 Å². The summed E-state index contributed by atoms with van der Waals surface area (Å²) < 4.78 is 0. The van der Waals surface area contributed by atoms with E-state index in [1.54, 1.807) is 6.92 Å². The van der Waals surface area contributed by atoms with Gasteiger partial charge in [0, 0.05) is 0 Å². The molecule has 0 saturated carbocycles. The van der Waals surface area contributed by atoms with Gasteiger partial charge in [-0.2, -0.15) is 6.92 Å². The second-order valence-electron chi connectivity index (χ2n) is 0.354. The zero-order chi connectivity index (χ0) is 2.71. The van der Waals surface area contributed by atoms with E-state index in [0.717, 1.165) is 0 Å². The predicted molar refractivity (Wildman–Crippen MR) is 30.6 cm³/mol. The average molecular weight is 226 g/mol. The van der Waals surface area contributed by atoms with Crippen LogP contribution in [0.1, 0.15) is 6.92 Å². The minimum atomic E-state index is 0. The van der Waals surface area contributed by atoms with Gasteiger partial charge in [-0.3, -0.25) is 6.58 Å². The topological polar surface area (TPSA) is 0 Å². The molecule has 34 valence electrons. The molecule has 0 fully saturated rings. The van der Waals surface area contributed by atoms with E-state index < -0.39 is 0 Å². The Balaban J connectivity index is -0.00000000667. The van der Waals surface area contributed by atoms with Crippen molar-refractivity contribution in [2.45, 2.75) is 6.92 Å². The third-order valence-corrected chi connectivity index (χ3v) is 0. The summed E-state index contributed by atoms with van der Waals surface area (Å²) in [5.41, 5.74) is 0. The van der Waals surface area contributed by atoms with Crippen molar-refractivity contribution >= 4 is 40.0 Å². The fourth-order valence-electron chi connectivity index (χ4n) is 0. The van der Waals surface area contributed by atoms with Crippen molar-refractivity contribution in [2.24, 2.45) is 0 Å². The number of hydrogen-bond acceptors (Lipinski definition) is 0. The van der Waals surface area contributed by atoms with Crippen LogP contribution in [0.15, 0.2) is 6.58 Å². The predicted octanol–water partition coefficient (Wildman–Crippen LogP) is -1.80. The van der Waals surface area contributed by atoms with Gasteiger partial charge in [0.05, 0.1) is 0 Å². The van der Waals surface area contributed by atoms with Gasteiger partial charge in [-0.05, 0) is 0 Å². The molecular weight excluding hydrogens is 220 g/mol. The monoisotopic (exact) mass is 224 g/mol. The zero-order valence-corrected chi connectivity index (χ0v) is 8.41. The van der Waals surface area contributed by atoms with E-state index in [1.807, 2.05) is 0 Å². The van der Waals surface area contributed by atoms with Crippen LogP contribution in [0.3, 0.4) is 0 Å². The van der Waals surface area contributed by atoms with Crippen LogP contribution in [-0.4, -0.2) is 23.1 Å². The Labute approximate surface area is 76.1 Å². The maximum Gasteiger partial charge on any atom is 2.00 e. The summed E-state index contributed by atoms with van der Waals surface area (Å²) >= 11 is 0. The molecule has 0 aromatic carbocycles. The van der Waals surface area contributed by atoms with Gasteiger partial charge in [0.25, 0.3) is 0 Å². The first-order valence-electron chi connectivity index (χ1n) is 0.854. The zero-order valence-electron chi connectivity index (χ0n) is 3.70. The summed E-state index contributed by atoms with van der Waals surface area (Å²) in [7, 11) is 0. The Hall–Kier alpha value is 1.47. The molecule has 0 aliphatic carbocycles. The van der Waals surface area contributed by atoms with Crippen LogP contribution < -0.4 is 17.0 Å². The third-order valence-electron chi connectivity index (χ3n) is 0. The molecule has 0 N–H and O–H groups in total. The van der Waals surface area contributed by atoms with Crippen LogP contribution in [-0.2, 0) is 0 Å². The fraction of sp³-hybridized carbons (Fsp3) is 0.333. The minimum Gasteiger partial charge on any atom is -1.00 e. The van der Waals surface area contributed by atoms with Gasteiger partial charge in [0.1, 0.15) is 0 Å². The average Bonchev–Trinajstić information content (AvgIpc) is 0.918. The van der Waals surface area contributed by atoms with E-state index in [2.05, 4.69) is 12.7 Å². The molecule has 0 aromatic rings. The fourth-order valence-corrected chi connectivity index (χ4v) is 0. The van der Waals surface area contributed by atoms with Crippen molar-refractivity contribution in [2.75, 3.05) is 0 Å². The second-order valence-corrected chi connectivity index (χ2v) is 0.354. The largest absolute Gasteiger partial charge is 2.00 e. The normalized spacial score (nSPS) is 2.17. The smallest absolute Gasteiger partial charge is 1.00 e. The van der Waals surface area contributed by atoms with Crippen LogP contribution >= 0.6 is 17.0 Å². The van der Waals surface area contributed by atoms with Crippen molar-refractivity contribution in [3.8, 4) is 0 Å². The standard InChI is InChI=1S/C3H5.2BrH.Mg/c1-3-2;;;/h1H2,2H3;2*1H;/q-1;;;+2/p-1. The van der Waals surface area contributed by atoms with E-state index in [9.17, 15) is 0 Å². The molecule has 0 spiro atoms. The van der Waals surface area contributed by atoms with Crippen molar-refractivity contribution in [1.29, 1.82) is 0 Å². The molecule has 0 aliphatic heterocycles. The van der Waals surface area contributed by atoms with E-state index in [0.29, 0.717) is 0 Å². The maximum absolute atomic E-state index is 3.24. The van der Waals surface area contributed by atoms with Gasteiger partial charge in [-0.1, -0.05) is 0 Å². The van der Waals surface area contributed by atoms with E-state index in [4.69, 9.17) is 0 Å². The first-order chi connectivity index (χ1) is 1.41. The Morgan fingerprint density at radius 2 is 1.50 bits per heavy atom. The molecule has 0 aromatic heterocycles. The van der Waals surface area contributed by atoms with Crippen LogP contribution in [0.2, 0.25) is 0 Å². The van der Waals surface area contributed by atoms with Crippen molar-refractivity contribution in [3.05, 3.63) is 12.7 Å². The maximum atomic E-state index is 3.24. The van der Waals surface area contributed by atoms with Crippen molar-refractivity contribution in [3.63, 3.8) is 0 Å². The number of allylic oxidation sites excluding steroid dienone is 1. The molecule has 0 heterocycles. The molecule has 0 amide bonds. The molecule has 0 rings (SSSR count). The van der Waals surface area contributed by atoms with E-state index in [-0.39, 0.29) is 57.0 Å². The summed E-state index contributed by atoms with van der Waals surface area (Å²) in [6.45, 7) is 5.00. The molecule has 0 nitrogen and oxygen atoms in total. The Kier molecular flexibility index (Phi) is 138. The SMILES string of the molecule is Br.C=[C-]C.[Br-].[Mg+2].